The number of nitrogens with one attached hydrogen (secondary N) is 2. The molecule has 0 radical (unpaired) electrons. The van der Waals surface area contributed by atoms with Gasteiger partial charge in [-0.2, -0.15) is 0 Å². The lowest BCUT2D eigenvalue weighted by Crippen LogP contribution is -2.45. The van der Waals surface area contributed by atoms with Crippen LogP contribution in [-0.2, 0) is 4.79 Å². The first kappa shape index (κ1) is 19.4. The molecule has 0 heterocycles. The molecule has 2 aromatic rings. The van der Waals surface area contributed by atoms with E-state index in [-0.39, 0.29) is 5.82 Å². The molecule has 2 rings (SSSR count). The highest BCUT2D eigenvalue weighted by atomic mass is 19.1. The lowest BCUT2D eigenvalue weighted by molar-refractivity contribution is -0.125. The summed E-state index contributed by atoms with van der Waals surface area (Å²) in [7, 11) is 3.22. The summed E-state index contributed by atoms with van der Waals surface area (Å²) in [6.07, 6.45) is 0. The van der Waals surface area contributed by atoms with Crippen molar-refractivity contribution in [2.75, 3.05) is 27.2 Å². The fraction of sp³-hybridized carbons (Fsp3) is 0.263. The van der Waals surface area contributed by atoms with Gasteiger partial charge in [0.2, 0.25) is 5.91 Å². The predicted molar refractivity (Wildman–Crippen MR) is 96.3 cm³/mol. The fourth-order valence-electron chi connectivity index (χ4n) is 2.45. The number of likely N-dealkylation sites (N-methyl/N-ethyl adjacent to an activating group) is 1. The largest absolute Gasteiger partial charge is 0.492 e. The number of hydrogen-bond donors (Lipinski definition) is 2. The third-order valence-electron chi connectivity index (χ3n) is 3.79. The van der Waals surface area contributed by atoms with E-state index in [0.29, 0.717) is 18.9 Å². The van der Waals surface area contributed by atoms with Gasteiger partial charge in [-0.05, 0) is 36.9 Å². The molecule has 0 aliphatic rings. The zero-order chi connectivity index (χ0) is 18.9. The minimum atomic E-state index is -0.648. The van der Waals surface area contributed by atoms with Gasteiger partial charge in [0.25, 0.3) is 0 Å². The van der Waals surface area contributed by atoms with Crippen molar-refractivity contribution in [1.29, 1.82) is 0 Å². The van der Waals surface area contributed by atoms with E-state index in [1.54, 1.807) is 24.1 Å². The maximum Gasteiger partial charge on any atom is 0.321 e. The molecule has 0 aromatic heterocycles. The van der Waals surface area contributed by atoms with Crippen molar-refractivity contribution in [3.8, 4) is 5.75 Å². The molecule has 1 unspecified atom stereocenters. The van der Waals surface area contributed by atoms with E-state index in [0.717, 1.165) is 5.56 Å². The van der Waals surface area contributed by atoms with Crippen molar-refractivity contribution in [2.45, 2.75) is 6.04 Å². The third kappa shape index (κ3) is 5.56. The highest BCUT2D eigenvalue weighted by molar-refractivity contribution is 5.97. The second kappa shape index (κ2) is 9.53. The molecule has 6 nitrogen and oxygen atoms in total. The first-order chi connectivity index (χ1) is 12.5. The Balaban J connectivity index is 2.02. The fourth-order valence-corrected chi connectivity index (χ4v) is 2.45. The van der Waals surface area contributed by atoms with Crippen LogP contribution in [0.4, 0.5) is 9.18 Å². The molecule has 0 spiro atoms. The van der Waals surface area contributed by atoms with Crippen LogP contribution in [0.15, 0.2) is 54.6 Å². The van der Waals surface area contributed by atoms with Gasteiger partial charge in [0.15, 0.2) is 0 Å². The molecule has 3 amide bonds. The standard InChI is InChI=1S/C19H22FN3O3/c1-21-19(25)22-18(24)17(14-6-4-3-5-7-14)23(2)12-13-26-16-10-8-15(20)9-11-16/h3-11,17H,12-13H2,1-2H3,(H2,21,22,24,25). The number of carbonyl (C=O) groups excluding carboxylic acids is 2. The van der Waals surface area contributed by atoms with Crippen molar-refractivity contribution in [3.63, 3.8) is 0 Å². The van der Waals surface area contributed by atoms with Gasteiger partial charge in [0, 0.05) is 13.6 Å². The summed E-state index contributed by atoms with van der Waals surface area (Å²) in [5, 5.41) is 4.68. The number of rotatable bonds is 7. The molecule has 0 fully saturated rings. The average molecular weight is 359 g/mol. The number of nitrogens with zero attached hydrogens (tertiary/aromatic N) is 1. The van der Waals surface area contributed by atoms with Gasteiger partial charge in [-0.3, -0.25) is 15.0 Å². The molecule has 0 aliphatic carbocycles. The molecule has 26 heavy (non-hydrogen) atoms. The Kier molecular flexibility index (Phi) is 7.11. The van der Waals surface area contributed by atoms with Crippen molar-refractivity contribution in [1.82, 2.24) is 15.5 Å². The summed E-state index contributed by atoms with van der Waals surface area (Å²) in [4.78, 5) is 25.8. The summed E-state index contributed by atoms with van der Waals surface area (Å²) >= 11 is 0. The number of halogens is 1. The van der Waals surface area contributed by atoms with E-state index >= 15 is 0 Å². The van der Waals surface area contributed by atoms with Gasteiger partial charge < -0.3 is 10.1 Å². The zero-order valence-electron chi connectivity index (χ0n) is 14.7. The molecule has 2 aromatic carbocycles. The van der Waals surface area contributed by atoms with Crippen LogP contribution in [0.1, 0.15) is 11.6 Å². The number of ether oxygens (including phenoxy) is 1. The molecular weight excluding hydrogens is 337 g/mol. The first-order valence-corrected chi connectivity index (χ1v) is 8.17. The number of benzene rings is 2. The molecule has 0 saturated heterocycles. The maximum atomic E-state index is 12.9. The molecule has 0 saturated carbocycles. The third-order valence-corrected chi connectivity index (χ3v) is 3.79. The van der Waals surface area contributed by atoms with Crippen molar-refractivity contribution in [3.05, 3.63) is 66.0 Å². The Morgan fingerprint density at radius 2 is 1.77 bits per heavy atom. The van der Waals surface area contributed by atoms with Gasteiger partial charge in [-0.15, -0.1) is 0 Å². The quantitative estimate of drug-likeness (QED) is 0.796. The van der Waals surface area contributed by atoms with E-state index in [4.69, 9.17) is 4.74 Å². The number of imide groups is 1. The SMILES string of the molecule is CNC(=O)NC(=O)C(c1ccccc1)N(C)CCOc1ccc(F)cc1. The lowest BCUT2D eigenvalue weighted by atomic mass is 10.0. The van der Waals surface area contributed by atoms with Gasteiger partial charge >= 0.3 is 6.03 Å². The maximum absolute atomic E-state index is 12.9. The summed E-state index contributed by atoms with van der Waals surface area (Å²) < 4.78 is 18.5. The Hall–Kier alpha value is -2.93. The van der Waals surface area contributed by atoms with E-state index in [9.17, 15) is 14.0 Å². The second-order valence-electron chi connectivity index (χ2n) is 5.66. The number of amides is 3. The van der Waals surface area contributed by atoms with Crippen LogP contribution < -0.4 is 15.4 Å². The first-order valence-electron chi connectivity index (χ1n) is 8.17. The molecule has 138 valence electrons. The Bertz CT molecular complexity index is 723. The van der Waals surface area contributed by atoms with Gasteiger partial charge in [0.05, 0.1) is 0 Å². The van der Waals surface area contributed by atoms with E-state index in [2.05, 4.69) is 10.6 Å². The molecular formula is C19H22FN3O3. The number of urea groups is 1. The van der Waals surface area contributed by atoms with Crippen LogP contribution in [0.2, 0.25) is 0 Å². The van der Waals surface area contributed by atoms with Crippen LogP contribution in [-0.4, -0.2) is 44.1 Å². The Labute approximate surface area is 152 Å². The van der Waals surface area contributed by atoms with Crippen LogP contribution in [0.5, 0.6) is 5.75 Å². The normalized spacial score (nSPS) is 11.7. The minimum Gasteiger partial charge on any atom is -0.492 e. The van der Waals surface area contributed by atoms with Gasteiger partial charge in [-0.1, -0.05) is 30.3 Å². The number of hydrogen-bond acceptors (Lipinski definition) is 4. The van der Waals surface area contributed by atoms with E-state index in [1.165, 1.54) is 19.2 Å². The van der Waals surface area contributed by atoms with Crippen molar-refractivity contribution < 1.29 is 18.7 Å². The predicted octanol–water partition coefficient (Wildman–Crippen LogP) is 2.33. The second-order valence-corrected chi connectivity index (χ2v) is 5.66. The highest BCUT2D eigenvalue weighted by Gasteiger charge is 2.26. The summed E-state index contributed by atoms with van der Waals surface area (Å²) in [6.45, 7) is 0.733. The monoisotopic (exact) mass is 359 g/mol. The minimum absolute atomic E-state index is 0.304. The van der Waals surface area contributed by atoms with E-state index in [1.807, 2.05) is 30.3 Å². The summed E-state index contributed by atoms with van der Waals surface area (Å²) in [6, 6.07) is 13.7. The van der Waals surface area contributed by atoms with Crippen molar-refractivity contribution >= 4 is 11.9 Å². The Morgan fingerprint density at radius 3 is 2.38 bits per heavy atom. The van der Waals surface area contributed by atoms with Gasteiger partial charge in [0.1, 0.15) is 24.2 Å². The summed E-state index contributed by atoms with van der Waals surface area (Å²) in [5.74, 6) is -0.213. The van der Waals surface area contributed by atoms with Gasteiger partial charge in [-0.25, -0.2) is 9.18 Å². The number of carbonyl (C=O) groups is 2. The van der Waals surface area contributed by atoms with Crippen molar-refractivity contribution in [2.24, 2.45) is 0 Å². The molecule has 0 aliphatic heterocycles. The topological polar surface area (TPSA) is 70.7 Å². The average Bonchev–Trinajstić information content (AvgIpc) is 2.64. The van der Waals surface area contributed by atoms with Crippen LogP contribution >= 0.6 is 0 Å². The molecule has 2 N–H and O–H groups in total. The van der Waals surface area contributed by atoms with Crippen LogP contribution in [0.25, 0.3) is 0 Å². The van der Waals surface area contributed by atoms with Crippen LogP contribution in [0.3, 0.4) is 0 Å². The molecule has 0 bridgehead atoms. The zero-order valence-corrected chi connectivity index (χ0v) is 14.7. The molecule has 7 heteroatoms. The lowest BCUT2D eigenvalue weighted by Gasteiger charge is -2.27. The highest BCUT2D eigenvalue weighted by Crippen LogP contribution is 2.19. The Morgan fingerprint density at radius 1 is 1.12 bits per heavy atom. The van der Waals surface area contributed by atoms with Crippen LogP contribution in [0, 0.1) is 5.82 Å². The van der Waals surface area contributed by atoms with E-state index < -0.39 is 18.0 Å². The smallest absolute Gasteiger partial charge is 0.321 e. The summed E-state index contributed by atoms with van der Waals surface area (Å²) in [5.41, 5.74) is 0.762. The molecule has 1 atom stereocenters.